The molecule has 21 heavy (non-hydrogen) atoms. The third-order valence-corrected chi connectivity index (χ3v) is 7.16. The third-order valence-electron chi connectivity index (χ3n) is 6.25. The van der Waals surface area contributed by atoms with Gasteiger partial charge in [-0.1, -0.05) is 27.7 Å². The van der Waals surface area contributed by atoms with Crippen LogP contribution < -0.4 is 5.32 Å². The van der Waals surface area contributed by atoms with Gasteiger partial charge in [-0.25, -0.2) is 0 Å². The molecule has 2 saturated carbocycles. The van der Waals surface area contributed by atoms with E-state index in [9.17, 15) is 0 Å². The van der Waals surface area contributed by atoms with Crippen LogP contribution in [0.2, 0.25) is 0 Å². The second-order valence-corrected chi connectivity index (χ2v) is 8.71. The Hall–Kier alpha value is -0.350. The van der Waals surface area contributed by atoms with Crippen LogP contribution in [0, 0.1) is 16.7 Å². The summed E-state index contributed by atoms with van der Waals surface area (Å²) in [4.78, 5) is 0. The van der Waals surface area contributed by atoms with E-state index >= 15 is 0 Å². The quantitative estimate of drug-likeness (QED) is 0.884. The van der Waals surface area contributed by atoms with Crippen LogP contribution in [0.25, 0.3) is 0 Å². The SMILES string of the molecule is CCc1nn(C)c(CNC2C3(C)CCC(C3)C2(C)C)c1Br. The summed E-state index contributed by atoms with van der Waals surface area (Å²) >= 11 is 3.73. The molecular weight excluding hydrogens is 326 g/mol. The Kier molecular flexibility index (Phi) is 3.77. The Morgan fingerprint density at radius 3 is 2.62 bits per heavy atom. The van der Waals surface area contributed by atoms with Gasteiger partial charge in [0.05, 0.1) is 15.9 Å². The minimum atomic E-state index is 0.408. The average molecular weight is 354 g/mol. The van der Waals surface area contributed by atoms with Crippen LogP contribution in [0.3, 0.4) is 0 Å². The Labute approximate surface area is 137 Å². The number of hydrogen-bond acceptors (Lipinski definition) is 2. The first-order valence-corrected chi connectivity index (χ1v) is 9.02. The van der Waals surface area contributed by atoms with Gasteiger partial charge in [0, 0.05) is 19.6 Å². The van der Waals surface area contributed by atoms with Crippen molar-refractivity contribution in [2.24, 2.45) is 23.8 Å². The van der Waals surface area contributed by atoms with E-state index in [4.69, 9.17) is 0 Å². The fourth-order valence-corrected chi connectivity index (χ4v) is 5.78. The number of aryl methyl sites for hydroxylation is 2. The van der Waals surface area contributed by atoms with Crippen molar-refractivity contribution >= 4 is 15.9 Å². The van der Waals surface area contributed by atoms with Gasteiger partial charge in [0.1, 0.15) is 0 Å². The Morgan fingerprint density at radius 1 is 1.38 bits per heavy atom. The number of halogens is 1. The van der Waals surface area contributed by atoms with Gasteiger partial charge in [-0.05, 0) is 58.4 Å². The molecule has 0 aromatic carbocycles. The molecule has 2 fully saturated rings. The van der Waals surface area contributed by atoms with E-state index in [1.165, 1.54) is 29.4 Å². The molecule has 0 amide bonds. The molecule has 4 heteroatoms. The highest BCUT2D eigenvalue weighted by Crippen LogP contribution is 2.62. The van der Waals surface area contributed by atoms with Crippen molar-refractivity contribution in [3.8, 4) is 0 Å². The van der Waals surface area contributed by atoms with Gasteiger partial charge in [0.15, 0.2) is 0 Å². The van der Waals surface area contributed by atoms with Crippen molar-refractivity contribution < 1.29 is 0 Å². The molecule has 118 valence electrons. The molecule has 2 aliphatic carbocycles. The van der Waals surface area contributed by atoms with Crippen molar-refractivity contribution in [3.63, 3.8) is 0 Å². The topological polar surface area (TPSA) is 29.9 Å². The van der Waals surface area contributed by atoms with Crippen molar-refractivity contribution in [1.29, 1.82) is 0 Å². The maximum Gasteiger partial charge on any atom is 0.0767 e. The lowest BCUT2D eigenvalue weighted by Gasteiger charge is -2.43. The fraction of sp³-hybridized carbons (Fsp3) is 0.824. The zero-order chi connectivity index (χ0) is 15.4. The summed E-state index contributed by atoms with van der Waals surface area (Å²) < 4.78 is 3.21. The minimum absolute atomic E-state index is 0.408. The number of aromatic nitrogens is 2. The second kappa shape index (κ2) is 5.09. The normalized spacial score (nSPS) is 33.8. The Morgan fingerprint density at radius 2 is 2.10 bits per heavy atom. The minimum Gasteiger partial charge on any atom is -0.307 e. The van der Waals surface area contributed by atoms with Crippen molar-refractivity contribution in [3.05, 3.63) is 15.9 Å². The predicted octanol–water partition coefficient (Wildman–Crippen LogP) is 4.05. The van der Waals surface area contributed by atoms with Gasteiger partial charge in [-0.2, -0.15) is 5.10 Å². The molecule has 0 aliphatic heterocycles. The van der Waals surface area contributed by atoms with E-state index in [0.717, 1.165) is 24.6 Å². The largest absolute Gasteiger partial charge is 0.307 e. The molecular formula is C17H28BrN3. The van der Waals surface area contributed by atoms with Gasteiger partial charge in [-0.3, -0.25) is 4.68 Å². The molecule has 3 unspecified atom stereocenters. The third kappa shape index (κ3) is 2.29. The first-order chi connectivity index (χ1) is 9.79. The van der Waals surface area contributed by atoms with Crippen LogP contribution in [0.1, 0.15) is 58.3 Å². The number of nitrogens with one attached hydrogen (secondary N) is 1. The zero-order valence-corrected chi connectivity index (χ0v) is 15.5. The summed E-state index contributed by atoms with van der Waals surface area (Å²) in [5, 5.41) is 8.49. The van der Waals surface area contributed by atoms with Crippen LogP contribution in [0.5, 0.6) is 0 Å². The molecule has 3 atom stereocenters. The summed E-state index contributed by atoms with van der Waals surface area (Å²) in [6.45, 7) is 10.4. The molecule has 1 aromatic rings. The van der Waals surface area contributed by atoms with Gasteiger partial charge >= 0.3 is 0 Å². The highest BCUT2D eigenvalue weighted by atomic mass is 79.9. The number of hydrogen-bond donors (Lipinski definition) is 1. The van der Waals surface area contributed by atoms with E-state index in [-0.39, 0.29) is 0 Å². The van der Waals surface area contributed by atoms with Crippen molar-refractivity contribution in [1.82, 2.24) is 15.1 Å². The summed E-state index contributed by atoms with van der Waals surface area (Å²) in [7, 11) is 2.05. The molecule has 0 saturated heterocycles. The summed E-state index contributed by atoms with van der Waals surface area (Å²) in [5.41, 5.74) is 3.32. The highest BCUT2D eigenvalue weighted by molar-refractivity contribution is 9.10. The second-order valence-electron chi connectivity index (χ2n) is 7.91. The van der Waals surface area contributed by atoms with Crippen LogP contribution >= 0.6 is 15.9 Å². The zero-order valence-electron chi connectivity index (χ0n) is 14.0. The van der Waals surface area contributed by atoms with Crippen LogP contribution in [-0.2, 0) is 20.0 Å². The van der Waals surface area contributed by atoms with Gasteiger partial charge in [0.25, 0.3) is 0 Å². The molecule has 3 rings (SSSR count). The number of rotatable bonds is 4. The molecule has 2 aliphatic rings. The summed E-state index contributed by atoms with van der Waals surface area (Å²) in [5.74, 6) is 0.890. The first kappa shape index (κ1) is 15.5. The Bertz CT molecular complexity index is 544. The van der Waals surface area contributed by atoms with E-state index in [2.05, 4.69) is 61.1 Å². The number of nitrogens with zero attached hydrogens (tertiary/aromatic N) is 2. The van der Waals surface area contributed by atoms with Crippen LogP contribution in [0.15, 0.2) is 4.47 Å². The Balaban J connectivity index is 1.78. The lowest BCUT2D eigenvalue weighted by molar-refractivity contribution is 0.107. The van der Waals surface area contributed by atoms with Crippen molar-refractivity contribution in [2.75, 3.05) is 0 Å². The van der Waals surface area contributed by atoms with E-state index in [0.29, 0.717) is 16.9 Å². The lowest BCUT2D eigenvalue weighted by atomic mass is 9.68. The molecule has 1 heterocycles. The first-order valence-electron chi connectivity index (χ1n) is 8.23. The van der Waals surface area contributed by atoms with Crippen LogP contribution in [0.4, 0.5) is 0 Å². The van der Waals surface area contributed by atoms with E-state index < -0.39 is 0 Å². The van der Waals surface area contributed by atoms with Gasteiger partial charge in [0.2, 0.25) is 0 Å². The molecule has 1 N–H and O–H groups in total. The monoisotopic (exact) mass is 353 g/mol. The highest BCUT2D eigenvalue weighted by Gasteiger charge is 2.58. The molecule has 3 nitrogen and oxygen atoms in total. The summed E-state index contributed by atoms with van der Waals surface area (Å²) in [6, 6.07) is 0.607. The summed E-state index contributed by atoms with van der Waals surface area (Å²) in [6.07, 6.45) is 5.16. The van der Waals surface area contributed by atoms with E-state index in [1.54, 1.807) is 0 Å². The standard InChI is InChI=1S/C17H28BrN3/c1-6-12-14(18)13(21(5)20-12)10-19-15-16(2,3)11-7-8-17(15,4)9-11/h11,15,19H,6-10H2,1-5H3. The fourth-order valence-electron chi connectivity index (χ4n) is 5.02. The molecule has 0 radical (unpaired) electrons. The predicted molar refractivity (Wildman–Crippen MR) is 90.1 cm³/mol. The lowest BCUT2D eigenvalue weighted by Crippen LogP contribution is -2.50. The molecule has 2 bridgehead atoms. The number of fused-ring (bicyclic) bond motifs is 2. The molecule has 0 spiro atoms. The molecule has 1 aromatic heterocycles. The van der Waals surface area contributed by atoms with E-state index in [1.807, 2.05) is 4.68 Å². The maximum absolute atomic E-state index is 4.61. The van der Waals surface area contributed by atoms with Crippen LogP contribution in [-0.4, -0.2) is 15.8 Å². The maximum atomic E-state index is 4.61. The average Bonchev–Trinajstić information content (AvgIpc) is 2.98. The van der Waals surface area contributed by atoms with Gasteiger partial charge < -0.3 is 5.32 Å². The smallest absolute Gasteiger partial charge is 0.0767 e. The van der Waals surface area contributed by atoms with Gasteiger partial charge in [-0.15, -0.1) is 0 Å². The van der Waals surface area contributed by atoms with Crippen molar-refractivity contribution in [2.45, 2.75) is 66.0 Å².